The van der Waals surface area contributed by atoms with E-state index in [0.717, 1.165) is 33.5 Å². The van der Waals surface area contributed by atoms with Crippen LogP contribution < -0.4 is 0 Å². The Morgan fingerprint density at radius 3 is 2.03 bits per heavy atom. The van der Waals surface area contributed by atoms with Crippen molar-refractivity contribution in [2.75, 3.05) is 26.2 Å². The number of rotatable bonds is 5. The summed E-state index contributed by atoms with van der Waals surface area (Å²) in [6, 6.07) is 11.1. The van der Waals surface area contributed by atoms with Gasteiger partial charge in [-0.25, -0.2) is 12.8 Å². The fraction of sp³-hybridized carbons (Fsp3) is 0.350. The van der Waals surface area contributed by atoms with Gasteiger partial charge in [-0.15, -0.1) is 0 Å². The minimum atomic E-state index is -5.10. The number of hydrogen-bond acceptors (Lipinski definition) is 4. The van der Waals surface area contributed by atoms with E-state index >= 15 is 0 Å². The molecule has 31 heavy (non-hydrogen) atoms. The lowest BCUT2D eigenvalue weighted by atomic mass is 9.89. The average Bonchev–Trinajstić information content (AvgIpc) is 2.73. The third kappa shape index (κ3) is 4.58. The summed E-state index contributed by atoms with van der Waals surface area (Å²) in [5.41, 5.74) is -3.83. The monoisotopic (exact) mass is 460 g/mol. The predicted molar refractivity (Wildman–Crippen MR) is 103 cm³/mol. The number of sulfonamides is 1. The van der Waals surface area contributed by atoms with Crippen LogP contribution in [-0.4, -0.2) is 61.0 Å². The van der Waals surface area contributed by atoms with Gasteiger partial charge in [0.15, 0.2) is 5.60 Å². The quantitative estimate of drug-likeness (QED) is 0.696. The zero-order valence-corrected chi connectivity index (χ0v) is 17.0. The molecular formula is C20H20F4N2O4S. The van der Waals surface area contributed by atoms with E-state index < -0.39 is 50.4 Å². The molecule has 1 fully saturated rings. The maximum Gasteiger partial charge on any atom is 0.421 e. The number of nitrogens with zero attached hydrogens (tertiary/aromatic N) is 2. The molecule has 2 aromatic carbocycles. The minimum Gasteiger partial charge on any atom is -0.376 e. The molecule has 1 heterocycles. The SMILES string of the molecule is O=C(C[C@](O)(c1ccccc1)C(F)(F)F)N1CCN(S(=O)(=O)c2ccccc2F)CC1. The molecule has 1 aliphatic heterocycles. The van der Waals surface area contributed by atoms with E-state index in [0.29, 0.717) is 0 Å². The first-order valence-corrected chi connectivity index (χ1v) is 10.8. The van der Waals surface area contributed by atoms with Gasteiger partial charge in [-0.3, -0.25) is 4.79 Å². The number of aliphatic hydroxyl groups is 1. The van der Waals surface area contributed by atoms with Gasteiger partial charge >= 0.3 is 6.18 Å². The van der Waals surface area contributed by atoms with Crippen LogP contribution in [0.1, 0.15) is 12.0 Å². The van der Waals surface area contributed by atoms with Crippen molar-refractivity contribution in [2.45, 2.75) is 23.1 Å². The minimum absolute atomic E-state index is 0.185. The lowest BCUT2D eigenvalue weighted by molar-refractivity contribution is -0.268. The molecular weight excluding hydrogens is 440 g/mol. The largest absolute Gasteiger partial charge is 0.421 e. The van der Waals surface area contributed by atoms with Crippen LogP contribution in [0.5, 0.6) is 0 Å². The summed E-state index contributed by atoms with van der Waals surface area (Å²) in [6.07, 6.45) is -6.33. The smallest absolute Gasteiger partial charge is 0.376 e. The van der Waals surface area contributed by atoms with Gasteiger partial charge < -0.3 is 10.0 Å². The number of alkyl halides is 3. The molecule has 1 aliphatic rings. The normalized spacial score (nSPS) is 17.9. The van der Waals surface area contributed by atoms with E-state index in [9.17, 15) is 35.9 Å². The second-order valence-electron chi connectivity index (χ2n) is 7.12. The Kier molecular flexibility index (Phi) is 6.40. The number of hydrogen-bond donors (Lipinski definition) is 1. The number of carbonyl (C=O) groups excluding carboxylic acids is 1. The van der Waals surface area contributed by atoms with Gasteiger partial charge in [0.2, 0.25) is 15.9 Å². The van der Waals surface area contributed by atoms with Crippen molar-refractivity contribution in [2.24, 2.45) is 0 Å². The van der Waals surface area contributed by atoms with Crippen molar-refractivity contribution in [3.8, 4) is 0 Å². The molecule has 0 bridgehead atoms. The van der Waals surface area contributed by atoms with Crippen LogP contribution in [0.3, 0.4) is 0 Å². The summed E-state index contributed by atoms with van der Waals surface area (Å²) in [6.45, 7) is -0.791. The third-order valence-corrected chi connectivity index (χ3v) is 7.11. The Balaban J connectivity index is 1.72. The van der Waals surface area contributed by atoms with Crippen LogP contribution >= 0.6 is 0 Å². The highest BCUT2D eigenvalue weighted by Gasteiger charge is 2.56. The van der Waals surface area contributed by atoms with E-state index in [1.165, 1.54) is 30.3 Å². The lowest BCUT2D eigenvalue weighted by Crippen LogP contribution is -2.53. The van der Waals surface area contributed by atoms with Crippen LogP contribution in [0.15, 0.2) is 59.5 Å². The van der Waals surface area contributed by atoms with E-state index in [1.807, 2.05) is 0 Å². The van der Waals surface area contributed by atoms with E-state index in [4.69, 9.17) is 0 Å². The summed E-state index contributed by atoms with van der Waals surface area (Å²) in [5, 5.41) is 10.4. The fourth-order valence-electron chi connectivity index (χ4n) is 3.38. The van der Waals surface area contributed by atoms with E-state index in [1.54, 1.807) is 0 Å². The number of benzene rings is 2. The molecule has 0 aliphatic carbocycles. The predicted octanol–water partition coefficient (Wildman–Crippen LogP) is 2.50. The lowest BCUT2D eigenvalue weighted by Gasteiger charge is -2.37. The second-order valence-corrected chi connectivity index (χ2v) is 9.02. The van der Waals surface area contributed by atoms with Gasteiger partial charge in [0.1, 0.15) is 10.7 Å². The first kappa shape index (κ1) is 23.2. The molecule has 0 unspecified atom stereocenters. The van der Waals surface area contributed by atoms with Crippen LogP contribution in [0, 0.1) is 5.82 Å². The summed E-state index contributed by atoms with van der Waals surface area (Å²) >= 11 is 0. The first-order valence-electron chi connectivity index (χ1n) is 9.34. The van der Waals surface area contributed by atoms with Crippen molar-refractivity contribution in [3.05, 3.63) is 66.0 Å². The summed E-state index contributed by atoms with van der Waals surface area (Å²) in [4.78, 5) is 13.1. The van der Waals surface area contributed by atoms with Crippen molar-refractivity contribution < 1.29 is 35.9 Å². The maximum absolute atomic E-state index is 13.9. The van der Waals surface area contributed by atoms with Gasteiger partial charge in [0.05, 0.1) is 6.42 Å². The highest BCUT2D eigenvalue weighted by atomic mass is 32.2. The molecule has 1 atom stereocenters. The second kappa shape index (κ2) is 8.56. The van der Waals surface area contributed by atoms with Crippen molar-refractivity contribution in [1.29, 1.82) is 0 Å². The van der Waals surface area contributed by atoms with Gasteiger partial charge in [-0.2, -0.15) is 17.5 Å². The van der Waals surface area contributed by atoms with Gasteiger partial charge in [-0.1, -0.05) is 42.5 Å². The summed E-state index contributed by atoms with van der Waals surface area (Å²) in [5.74, 6) is -1.88. The molecule has 0 radical (unpaired) electrons. The molecule has 1 N–H and O–H groups in total. The number of halogens is 4. The Morgan fingerprint density at radius 2 is 1.48 bits per heavy atom. The van der Waals surface area contributed by atoms with Gasteiger partial charge in [0.25, 0.3) is 0 Å². The highest BCUT2D eigenvalue weighted by molar-refractivity contribution is 7.89. The zero-order valence-electron chi connectivity index (χ0n) is 16.2. The summed E-state index contributed by atoms with van der Waals surface area (Å²) in [7, 11) is -4.15. The zero-order chi connectivity index (χ0) is 22.9. The van der Waals surface area contributed by atoms with E-state index in [2.05, 4.69) is 0 Å². The highest BCUT2D eigenvalue weighted by Crippen LogP contribution is 2.42. The van der Waals surface area contributed by atoms with Gasteiger partial charge in [-0.05, 0) is 17.7 Å². The molecule has 168 valence electrons. The van der Waals surface area contributed by atoms with Gasteiger partial charge in [0, 0.05) is 26.2 Å². The molecule has 1 amide bonds. The third-order valence-electron chi connectivity index (χ3n) is 5.17. The van der Waals surface area contributed by atoms with Crippen LogP contribution in [-0.2, 0) is 20.4 Å². The maximum atomic E-state index is 13.9. The molecule has 0 aromatic heterocycles. The number of amides is 1. The standard InChI is InChI=1S/C20H20F4N2O4S/c21-16-8-4-5-9-17(16)31(29,30)26-12-10-25(11-13-26)18(27)14-19(28,20(22,23)24)15-6-2-1-3-7-15/h1-9,28H,10-14H2/t19-/m0/s1. The molecule has 2 aromatic rings. The Morgan fingerprint density at radius 1 is 0.935 bits per heavy atom. The molecule has 0 spiro atoms. The molecule has 11 heteroatoms. The molecule has 3 rings (SSSR count). The fourth-order valence-corrected chi connectivity index (χ4v) is 4.87. The Labute approximate surface area is 176 Å². The number of carbonyl (C=O) groups is 1. The molecule has 1 saturated heterocycles. The molecule has 0 saturated carbocycles. The Hall–Kier alpha value is -2.50. The van der Waals surface area contributed by atoms with Crippen LogP contribution in [0.2, 0.25) is 0 Å². The first-order chi connectivity index (χ1) is 14.5. The average molecular weight is 460 g/mol. The number of piperazine rings is 1. The Bertz CT molecular complexity index is 1040. The molecule has 6 nitrogen and oxygen atoms in total. The topological polar surface area (TPSA) is 77.9 Å². The van der Waals surface area contributed by atoms with Crippen LogP contribution in [0.4, 0.5) is 17.6 Å². The van der Waals surface area contributed by atoms with Crippen molar-refractivity contribution in [1.82, 2.24) is 9.21 Å². The van der Waals surface area contributed by atoms with E-state index in [-0.39, 0.29) is 26.2 Å². The van der Waals surface area contributed by atoms with Crippen molar-refractivity contribution >= 4 is 15.9 Å². The van der Waals surface area contributed by atoms with Crippen LogP contribution in [0.25, 0.3) is 0 Å². The van der Waals surface area contributed by atoms with Crippen molar-refractivity contribution in [3.63, 3.8) is 0 Å². The summed E-state index contributed by atoms with van der Waals surface area (Å²) < 4.78 is 81.0.